The lowest BCUT2D eigenvalue weighted by molar-refractivity contribution is -0.154. The van der Waals surface area contributed by atoms with Gasteiger partial charge in [-0.2, -0.15) is 0 Å². The number of rotatable bonds is 3. The summed E-state index contributed by atoms with van der Waals surface area (Å²) < 4.78 is 4.72. The highest BCUT2D eigenvalue weighted by Gasteiger charge is 2.31. The van der Waals surface area contributed by atoms with Gasteiger partial charge in [-0.15, -0.1) is 0 Å². The number of carbonyl (C=O) groups excluding carboxylic acids is 2. The zero-order valence-electron chi connectivity index (χ0n) is 9.49. The molecule has 0 bridgehead atoms. The molecule has 0 N–H and O–H groups in total. The molecule has 1 fully saturated rings. The molecule has 86 valence electrons. The Labute approximate surface area is 90.6 Å². The lowest BCUT2D eigenvalue weighted by Crippen LogP contribution is -2.48. The third-order valence-corrected chi connectivity index (χ3v) is 2.76. The predicted octanol–water partition coefficient (Wildman–Crippen LogP) is 1.34. The number of nitrogens with zero attached hydrogens (tertiary/aromatic N) is 1. The van der Waals surface area contributed by atoms with Crippen molar-refractivity contribution in [2.24, 2.45) is 0 Å². The van der Waals surface area contributed by atoms with Crippen molar-refractivity contribution in [2.75, 3.05) is 13.7 Å². The Bertz CT molecular complexity index is 240. The van der Waals surface area contributed by atoms with Crippen LogP contribution < -0.4 is 0 Å². The molecule has 0 saturated carbocycles. The molecule has 1 aliphatic heterocycles. The van der Waals surface area contributed by atoms with Crippen molar-refractivity contribution in [3.8, 4) is 0 Å². The van der Waals surface area contributed by atoms with Gasteiger partial charge in [-0.25, -0.2) is 4.79 Å². The summed E-state index contributed by atoms with van der Waals surface area (Å²) in [6.45, 7) is 2.66. The van der Waals surface area contributed by atoms with Crippen molar-refractivity contribution in [1.29, 1.82) is 0 Å². The smallest absolute Gasteiger partial charge is 0.328 e. The van der Waals surface area contributed by atoms with Gasteiger partial charge in [-0.05, 0) is 25.7 Å². The number of esters is 1. The van der Waals surface area contributed by atoms with Crippen molar-refractivity contribution in [3.63, 3.8) is 0 Å². The van der Waals surface area contributed by atoms with Crippen molar-refractivity contribution >= 4 is 11.9 Å². The lowest BCUT2D eigenvalue weighted by atomic mass is 10.0. The third kappa shape index (κ3) is 2.94. The molecule has 1 heterocycles. The average molecular weight is 213 g/mol. The maximum absolute atomic E-state index is 11.7. The van der Waals surface area contributed by atoms with Gasteiger partial charge in [0.15, 0.2) is 0 Å². The van der Waals surface area contributed by atoms with E-state index in [2.05, 4.69) is 0 Å². The summed E-state index contributed by atoms with van der Waals surface area (Å²) in [4.78, 5) is 24.9. The number of amides is 1. The predicted molar refractivity (Wildman–Crippen MR) is 56.3 cm³/mol. The number of piperidine rings is 1. The fraction of sp³-hybridized carbons (Fsp3) is 0.818. The SMILES string of the molecule is CCCC(=O)N1CCCCC1C(=O)OC. The lowest BCUT2D eigenvalue weighted by Gasteiger charge is -2.33. The summed E-state index contributed by atoms with van der Waals surface area (Å²) in [5.41, 5.74) is 0. The summed E-state index contributed by atoms with van der Waals surface area (Å²) in [6, 6.07) is -0.345. The molecule has 0 aromatic heterocycles. The Balaban J connectivity index is 2.65. The largest absolute Gasteiger partial charge is 0.467 e. The van der Waals surface area contributed by atoms with Gasteiger partial charge in [0.2, 0.25) is 5.91 Å². The molecule has 1 aliphatic rings. The van der Waals surface area contributed by atoms with Crippen LogP contribution in [0.15, 0.2) is 0 Å². The number of ether oxygens (including phenoxy) is 1. The number of hydrogen-bond acceptors (Lipinski definition) is 3. The van der Waals surface area contributed by atoms with Gasteiger partial charge in [0.1, 0.15) is 6.04 Å². The average Bonchev–Trinajstić information content (AvgIpc) is 2.28. The van der Waals surface area contributed by atoms with Crippen LogP contribution in [0.2, 0.25) is 0 Å². The van der Waals surface area contributed by atoms with Crippen LogP contribution in [-0.2, 0) is 14.3 Å². The minimum absolute atomic E-state index is 0.0765. The molecule has 1 saturated heterocycles. The van der Waals surface area contributed by atoms with Gasteiger partial charge >= 0.3 is 5.97 Å². The highest BCUT2D eigenvalue weighted by atomic mass is 16.5. The maximum Gasteiger partial charge on any atom is 0.328 e. The Morgan fingerprint density at radius 3 is 2.73 bits per heavy atom. The van der Waals surface area contributed by atoms with Gasteiger partial charge < -0.3 is 9.64 Å². The molecule has 0 aromatic rings. The molecular weight excluding hydrogens is 194 g/mol. The fourth-order valence-corrected chi connectivity index (χ4v) is 1.97. The summed E-state index contributed by atoms with van der Waals surface area (Å²) in [5.74, 6) is -0.202. The molecule has 1 unspecified atom stereocenters. The van der Waals surface area contributed by atoms with Crippen LogP contribution >= 0.6 is 0 Å². The van der Waals surface area contributed by atoms with Crippen LogP contribution in [0.5, 0.6) is 0 Å². The van der Waals surface area contributed by atoms with Crippen molar-refractivity contribution in [3.05, 3.63) is 0 Å². The summed E-state index contributed by atoms with van der Waals surface area (Å²) in [5, 5.41) is 0. The summed E-state index contributed by atoms with van der Waals surface area (Å²) in [7, 11) is 1.37. The summed E-state index contributed by atoms with van der Waals surface area (Å²) >= 11 is 0. The Morgan fingerprint density at radius 2 is 2.13 bits per heavy atom. The zero-order chi connectivity index (χ0) is 11.3. The number of methoxy groups -OCH3 is 1. The molecule has 0 aliphatic carbocycles. The van der Waals surface area contributed by atoms with Crippen LogP contribution in [0.1, 0.15) is 39.0 Å². The summed E-state index contributed by atoms with van der Waals surface area (Å²) in [6.07, 6.45) is 4.07. The first-order valence-electron chi connectivity index (χ1n) is 5.58. The Morgan fingerprint density at radius 1 is 1.40 bits per heavy atom. The first kappa shape index (κ1) is 12.0. The van der Waals surface area contributed by atoms with Gasteiger partial charge in [-0.3, -0.25) is 4.79 Å². The van der Waals surface area contributed by atoms with Crippen LogP contribution in [0.4, 0.5) is 0 Å². The van der Waals surface area contributed by atoms with Crippen molar-refractivity contribution in [1.82, 2.24) is 4.90 Å². The van der Waals surface area contributed by atoms with Crippen LogP contribution in [-0.4, -0.2) is 36.5 Å². The normalized spacial score (nSPS) is 21.2. The molecule has 0 aromatic carbocycles. The highest BCUT2D eigenvalue weighted by molar-refractivity contribution is 5.84. The first-order chi connectivity index (χ1) is 7.20. The van der Waals surface area contributed by atoms with Gasteiger partial charge in [0, 0.05) is 13.0 Å². The van der Waals surface area contributed by atoms with Gasteiger partial charge in [-0.1, -0.05) is 6.92 Å². The molecule has 0 radical (unpaired) electrons. The molecule has 1 amide bonds. The van der Waals surface area contributed by atoms with E-state index in [1.807, 2.05) is 6.92 Å². The van der Waals surface area contributed by atoms with Crippen LogP contribution in [0.25, 0.3) is 0 Å². The quantitative estimate of drug-likeness (QED) is 0.665. The molecule has 1 rings (SSSR count). The van der Waals surface area contributed by atoms with E-state index in [0.29, 0.717) is 13.0 Å². The fourth-order valence-electron chi connectivity index (χ4n) is 1.97. The van der Waals surface area contributed by atoms with E-state index in [1.54, 1.807) is 4.90 Å². The van der Waals surface area contributed by atoms with Gasteiger partial charge in [0.25, 0.3) is 0 Å². The zero-order valence-corrected chi connectivity index (χ0v) is 9.49. The number of carbonyl (C=O) groups is 2. The van der Waals surface area contributed by atoms with E-state index in [9.17, 15) is 9.59 Å². The Hall–Kier alpha value is -1.06. The third-order valence-electron chi connectivity index (χ3n) is 2.76. The minimum atomic E-state index is -0.345. The van der Waals surface area contributed by atoms with E-state index in [1.165, 1.54) is 7.11 Å². The maximum atomic E-state index is 11.7. The van der Waals surface area contributed by atoms with E-state index in [4.69, 9.17) is 4.74 Å². The van der Waals surface area contributed by atoms with Crippen molar-refractivity contribution in [2.45, 2.75) is 45.1 Å². The molecule has 15 heavy (non-hydrogen) atoms. The molecular formula is C11H19NO3. The second-order valence-electron chi connectivity index (χ2n) is 3.87. The first-order valence-corrected chi connectivity index (χ1v) is 5.58. The van der Waals surface area contributed by atoms with E-state index in [0.717, 1.165) is 25.7 Å². The molecule has 4 heteroatoms. The molecule has 0 spiro atoms. The van der Waals surface area contributed by atoms with E-state index in [-0.39, 0.29) is 17.9 Å². The Kier molecular flexibility index (Phi) is 4.59. The standard InChI is InChI=1S/C11H19NO3/c1-3-6-10(13)12-8-5-4-7-9(12)11(14)15-2/h9H,3-8H2,1-2H3. The van der Waals surface area contributed by atoms with E-state index < -0.39 is 0 Å². The minimum Gasteiger partial charge on any atom is -0.467 e. The van der Waals surface area contributed by atoms with E-state index >= 15 is 0 Å². The van der Waals surface area contributed by atoms with Gasteiger partial charge in [0.05, 0.1) is 7.11 Å². The molecule has 1 atom stereocenters. The number of hydrogen-bond donors (Lipinski definition) is 0. The number of likely N-dealkylation sites (tertiary alicyclic amines) is 1. The monoisotopic (exact) mass is 213 g/mol. The van der Waals surface area contributed by atoms with Crippen molar-refractivity contribution < 1.29 is 14.3 Å². The second kappa shape index (κ2) is 5.73. The van der Waals surface area contributed by atoms with Crippen LogP contribution in [0.3, 0.4) is 0 Å². The molecule has 4 nitrogen and oxygen atoms in total. The second-order valence-corrected chi connectivity index (χ2v) is 3.87. The highest BCUT2D eigenvalue weighted by Crippen LogP contribution is 2.19. The van der Waals surface area contributed by atoms with Crippen LogP contribution in [0, 0.1) is 0 Å². The topological polar surface area (TPSA) is 46.6 Å².